The van der Waals surface area contributed by atoms with Crippen LogP contribution in [0, 0.1) is 6.92 Å². The van der Waals surface area contributed by atoms with Crippen molar-refractivity contribution in [2.75, 3.05) is 0 Å². The zero-order valence-electron chi connectivity index (χ0n) is 11.9. The summed E-state index contributed by atoms with van der Waals surface area (Å²) >= 11 is 0. The molecule has 0 aromatic heterocycles. The molecule has 0 saturated carbocycles. The molecule has 2 heteroatoms. The number of rotatable bonds is 6. The summed E-state index contributed by atoms with van der Waals surface area (Å²) in [7, 11) is 0. The monoisotopic (exact) mass is 267 g/mol. The molecule has 1 amide bonds. The van der Waals surface area contributed by atoms with Crippen LogP contribution in [0.2, 0.25) is 0 Å². The second-order valence-electron chi connectivity index (χ2n) is 5.24. The lowest BCUT2D eigenvalue weighted by Crippen LogP contribution is -2.21. The summed E-state index contributed by atoms with van der Waals surface area (Å²) in [5.41, 5.74) is 9.07. The fourth-order valence-corrected chi connectivity index (χ4v) is 2.43. The fraction of sp³-hybridized carbons (Fsp3) is 0.278. The van der Waals surface area contributed by atoms with E-state index in [1.54, 1.807) is 0 Å². The van der Waals surface area contributed by atoms with Crippen molar-refractivity contribution in [1.82, 2.24) is 0 Å². The van der Waals surface area contributed by atoms with Crippen molar-refractivity contribution in [2.24, 2.45) is 5.73 Å². The molecule has 104 valence electrons. The Hall–Kier alpha value is -2.09. The third kappa shape index (κ3) is 3.95. The minimum Gasteiger partial charge on any atom is -0.369 e. The van der Waals surface area contributed by atoms with Crippen LogP contribution in [-0.2, 0) is 11.2 Å². The van der Waals surface area contributed by atoms with E-state index in [0.717, 1.165) is 24.8 Å². The molecule has 0 saturated heterocycles. The summed E-state index contributed by atoms with van der Waals surface area (Å²) < 4.78 is 0. The van der Waals surface area contributed by atoms with E-state index in [1.807, 2.05) is 49.4 Å². The Kier molecular flexibility index (Phi) is 4.94. The van der Waals surface area contributed by atoms with E-state index >= 15 is 0 Å². The molecule has 0 heterocycles. The van der Waals surface area contributed by atoms with Crippen molar-refractivity contribution in [3.63, 3.8) is 0 Å². The van der Waals surface area contributed by atoms with E-state index in [2.05, 4.69) is 12.1 Å². The van der Waals surface area contributed by atoms with Crippen molar-refractivity contribution in [3.05, 3.63) is 71.3 Å². The van der Waals surface area contributed by atoms with Crippen molar-refractivity contribution >= 4 is 5.91 Å². The van der Waals surface area contributed by atoms with Crippen LogP contribution in [0.1, 0.15) is 35.4 Å². The topological polar surface area (TPSA) is 43.1 Å². The predicted octanol–water partition coefficient (Wildman–Crippen LogP) is 3.59. The highest BCUT2D eigenvalue weighted by Gasteiger charge is 2.17. The van der Waals surface area contributed by atoms with E-state index in [0.29, 0.717) is 0 Å². The van der Waals surface area contributed by atoms with Gasteiger partial charge in [0.05, 0.1) is 5.92 Å². The first-order valence-corrected chi connectivity index (χ1v) is 7.06. The van der Waals surface area contributed by atoms with E-state index in [9.17, 15) is 4.79 Å². The Balaban J connectivity index is 1.96. The first-order chi connectivity index (χ1) is 9.66. The van der Waals surface area contributed by atoms with Gasteiger partial charge in [0.2, 0.25) is 5.91 Å². The van der Waals surface area contributed by atoms with E-state index < -0.39 is 0 Å². The number of aryl methyl sites for hydroxylation is 2. The minimum atomic E-state index is -0.234. The van der Waals surface area contributed by atoms with Gasteiger partial charge in [-0.15, -0.1) is 0 Å². The molecule has 0 radical (unpaired) electrons. The standard InChI is InChI=1S/C18H21NO/c1-14-10-12-16(13-11-14)17(18(19)20)9-5-8-15-6-3-2-4-7-15/h2-4,6-7,10-13,17H,5,8-9H2,1H3,(H2,19,20)/t17-/m0/s1. The van der Waals surface area contributed by atoms with E-state index in [-0.39, 0.29) is 11.8 Å². The van der Waals surface area contributed by atoms with Crippen molar-refractivity contribution < 1.29 is 4.79 Å². The number of hydrogen-bond donors (Lipinski definition) is 1. The molecular formula is C18H21NO. The number of nitrogens with two attached hydrogens (primary N) is 1. The lowest BCUT2D eigenvalue weighted by molar-refractivity contribution is -0.119. The minimum absolute atomic E-state index is 0.181. The number of hydrogen-bond acceptors (Lipinski definition) is 1. The smallest absolute Gasteiger partial charge is 0.224 e. The zero-order chi connectivity index (χ0) is 14.4. The summed E-state index contributed by atoms with van der Waals surface area (Å²) in [4.78, 5) is 11.6. The molecule has 1 atom stereocenters. The molecule has 2 N–H and O–H groups in total. The zero-order valence-corrected chi connectivity index (χ0v) is 11.9. The molecule has 2 rings (SSSR count). The van der Waals surface area contributed by atoms with Gasteiger partial charge in [0.15, 0.2) is 0 Å². The Bertz CT molecular complexity index is 545. The van der Waals surface area contributed by atoms with Gasteiger partial charge in [0.25, 0.3) is 0 Å². The molecule has 2 aromatic rings. The van der Waals surface area contributed by atoms with Crippen LogP contribution < -0.4 is 5.73 Å². The average Bonchev–Trinajstić information content (AvgIpc) is 2.46. The SMILES string of the molecule is Cc1ccc([C@H](CCCc2ccccc2)C(N)=O)cc1. The maximum absolute atomic E-state index is 11.6. The van der Waals surface area contributed by atoms with E-state index in [4.69, 9.17) is 5.73 Å². The van der Waals surface area contributed by atoms with Gasteiger partial charge in [-0.1, -0.05) is 60.2 Å². The van der Waals surface area contributed by atoms with Crippen LogP contribution in [0.15, 0.2) is 54.6 Å². The second kappa shape index (κ2) is 6.90. The molecule has 2 nitrogen and oxygen atoms in total. The van der Waals surface area contributed by atoms with Crippen molar-refractivity contribution in [1.29, 1.82) is 0 Å². The maximum Gasteiger partial charge on any atom is 0.224 e. The molecule has 0 aliphatic rings. The Morgan fingerprint density at radius 3 is 2.30 bits per heavy atom. The van der Waals surface area contributed by atoms with Gasteiger partial charge in [-0.2, -0.15) is 0 Å². The predicted molar refractivity (Wildman–Crippen MR) is 82.5 cm³/mol. The molecule has 20 heavy (non-hydrogen) atoms. The normalized spacial score (nSPS) is 12.1. The lowest BCUT2D eigenvalue weighted by atomic mass is 9.91. The third-order valence-corrected chi connectivity index (χ3v) is 3.62. The molecule has 0 unspecified atom stereocenters. The molecule has 0 spiro atoms. The highest BCUT2D eigenvalue weighted by atomic mass is 16.1. The number of amides is 1. The molecular weight excluding hydrogens is 246 g/mol. The molecule has 0 aliphatic heterocycles. The fourth-order valence-electron chi connectivity index (χ4n) is 2.43. The van der Waals surface area contributed by atoms with Gasteiger partial charge in [0, 0.05) is 0 Å². The molecule has 0 aliphatic carbocycles. The van der Waals surface area contributed by atoms with Crippen LogP contribution in [0.3, 0.4) is 0 Å². The van der Waals surface area contributed by atoms with Gasteiger partial charge >= 0.3 is 0 Å². The quantitative estimate of drug-likeness (QED) is 0.854. The first-order valence-electron chi connectivity index (χ1n) is 7.06. The number of carbonyl (C=O) groups is 1. The van der Waals surface area contributed by atoms with Gasteiger partial charge in [-0.3, -0.25) is 4.79 Å². The summed E-state index contributed by atoms with van der Waals surface area (Å²) in [5.74, 6) is -0.416. The van der Waals surface area contributed by atoms with Gasteiger partial charge < -0.3 is 5.73 Å². The summed E-state index contributed by atoms with van der Waals surface area (Å²) in [5, 5.41) is 0. The van der Waals surface area contributed by atoms with Crippen LogP contribution in [0.4, 0.5) is 0 Å². The molecule has 0 bridgehead atoms. The Morgan fingerprint density at radius 2 is 1.70 bits per heavy atom. The Labute approximate surface area is 120 Å². The Morgan fingerprint density at radius 1 is 1.05 bits per heavy atom. The maximum atomic E-state index is 11.6. The molecule has 0 fully saturated rings. The average molecular weight is 267 g/mol. The molecule has 2 aromatic carbocycles. The lowest BCUT2D eigenvalue weighted by Gasteiger charge is -2.14. The summed E-state index contributed by atoms with van der Waals surface area (Å²) in [6.45, 7) is 2.04. The van der Waals surface area contributed by atoms with Gasteiger partial charge in [0.1, 0.15) is 0 Å². The first kappa shape index (κ1) is 14.3. The summed E-state index contributed by atoms with van der Waals surface area (Å²) in [6, 6.07) is 18.4. The highest BCUT2D eigenvalue weighted by molar-refractivity contribution is 5.81. The number of benzene rings is 2. The van der Waals surface area contributed by atoms with Crippen LogP contribution in [-0.4, -0.2) is 5.91 Å². The summed E-state index contributed by atoms with van der Waals surface area (Å²) in [6.07, 6.45) is 2.75. The largest absolute Gasteiger partial charge is 0.369 e. The van der Waals surface area contributed by atoms with Gasteiger partial charge in [-0.25, -0.2) is 0 Å². The number of carbonyl (C=O) groups excluding carboxylic acids is 1. The van der Waals surface area contributed by atoms with Crippen LogP contribution in [0.25, 0.3) is 0 Å². The van der Waals surface area contributed by atoms with Gasteiger partial charge in [-0.05, 0) is 37.3 Å². The van der Waals surface area contributed by atoms with Crippen molar-refractivity contribution in [2.45, 2.75) is 32.1 Å². The van der Waals surface area contributed by atoms with Crippen LogP contribution >= 0.6 is 0 Å². The van der Waals surface area contributed by atoms with Crippen molar-refractivity contribution in [3.8, 4) is 0 Å². The highest BCUT2D eigenvalue weighted by Crippen LogP contribution is 2.22. The number of primary amides is 1. The third-order valence-electron chi connectivity index (χ3n) is 3.62. The second-order valence-corrected chi connectivity index (χ2v) is 5.24. The van der Waals surface area contributed by atoms with Crippen LogP contribution in [0.5, 0.6) is 0 Å². The van der Waals surface area contributed by atoms with E-state index in [1.165, 1.54) is 11.1 Å².